The maximum absolute atomic E-state index is 14.1. The number of ether oxygens (including phenoxy) is 2. The minimum absolute atomic E-state index is 0.0160. The summed E-state index contributed by atoms with van der Waals surface area (Å²) >= 11 is -1.21. The number of alkyl halides is 5. The topological polar surface area (TPSA) is 170 Å². The van der Waals surface area contributed by atoms with E-state index in [4.69, 9.17) is 4.74 Å². The van der Waals surface area contributed by atoms with Crippen molar-refractivity contribution in [3.8, 4) is 0 Å². The van der Waals surface area contributed by atoms with Gasteiger partial charge in [0, 0.05) is 18.3 Å². The SMILES string of the molecule is CC(F)(SOO[O-])C(=O)OC12CC3CC(C1)C(=O)C(C3)C2.O=C1CCCCC1OC(=O)C(F)(SOO[O-])C(F)(F)F. The Hall–Kier alpha value is -1.61. The number of Topliss-reactive ketones (excluding diaryl/α,β-unsaturated/α-hetero) is 2. The summed E-state index contributed by atoms with van der Waals surface area (Å²) in [6, 6.07) is 0. The molecule has 5 rings (SSSR count). The number of halogens is 5. The molecule has 5 unspecified atom stereocenters. The van der Waals surface area contributed by atoms with Crippen molar-refractivity contribution < 1.29 is 79.9 Å². The molecule has 12 nitrogen and oxygen atoms in total. The summed E-state index contributed by atoms with van der Waals surface area (Å²) in [7, 11) is 0. The molecule has 0 amide bonds. The van der Waals surface area contributed by atoms with Gasteiger partial charge in [-0.25, -0.2) is 18.4 Å². The van der Waals surface area contributed by atoms with Gasteiger partial charge in [0.1, 0.15) is 11.4 Å². The van der Waals surface area contributed by atoms with E-state index in [-0.39, 0.29) is 42.5 Å². The van der Waals surface area contributed by atoms with Crippen molar-refractivity contribution in [3.63, 3.8) is 0 Å². The minimum atomic E-state index is -5.72. The number of rotatable bonds is 10. The smallest absolute Gasteiger partial charge is 0.446 e. The van der Waals surface area contributed by atoms with Gasteiger partial charge in [-0.3, -0.25) is 19.7 Å². The molecule has 0 aromatic rings. The molecule has 0 radical (unpaired) electrons. The van der Waals surface area contributed by atoms with Crippen molar-refractivity contribution in [1.29, 1.82) is 0 Å². The standard InChI is InChI=1S/C13H17FO6S.C9H10F4O6S/c1-12(14,21-20-19-17)11(16)18-13-4-7-2-8(5-13)10(15)9(3-7)6-13;10-8(9(11,12)13,20-19-18-16)7(15)17-6-4-2-1-3-5(6)14/h7-9,17H,2-6H2,1H3;6,16H,1-4H2/p-2. The van der Waals surface area contributed by atoms with Crippen LogP contribution >= 0.6 is 24.1 Å². The van der Waals surface area contributed by atoms with E-state index in [0.717, 1.165) is 19.8 Å². The molecule has 0 heterocycles. The first kappa shape index (κ1) is 33.9. The van der Waals surface area contributed by atoms with Gasteiger partial charge in [-0.15, -0.1) is 0 Å². The molecular formula is C22H25F5O12S2-2. The second-order valence-corrected chi connectivity index (χ2v) is 12.3. The largest absolute Gasteiger partial charge is 0.691 e. The Morgan fingerprint density at radius 3 is 2.02 bits per heavy atom. The summed E-state index contributed by atoms with van der Waals surface area (Å²) < 4.78 is 82.1. The van der Waals surface area contributed by atoms with Crippen molar-refractivity contribution in [2.24, 2.45) is 17.8 Å². The van der Waals surface area contributed by atoms with Crippen molar-refractivity contribution in [3.05, 3.63) is 0 Å². The second kappa shape index (κ2) is 13.4. The van der Waals surface area contributed by atoms with Crippen LogP contribution in [-0.4, -0.2) is 51.4 Å². The van der Waals surface area contributed by atoms with E-state index in [2.05, 4.69) is 23.5 Å². The van der Waals surface area contributed by atoms with E-state index in [1.807, 2.05) is 0 Å². The Morgan fingerprint density at radius 1 is 0.902 bits per heavy atom. The molecule has 0 spiro atoms. The first-order valence-corrected chi connectivity index (χ1v) is 13.8. The number of hydrogen-bond donors (Lipinski definition) is 0. The number of carbonyl (C=O) groups excluding carboxylic acids is 4. The van der Waals surface area contributed by atoms with Crippen LogP contribution in [0.25, 0.3) is 0 Å². The third-order valence-electron chi connectivity index (χ3n) is 7.38. The highest BCUT2D eigenvalue weighted by atomic mass is 32.2. The Bertz CT molecular complexity index is 980. The second-order valence-electron chi connectivity index (χ2n) is 10.4. The zero-order valence-electron chi connectivity index (χ0n) is 21.3. The first-order valence-electron chi connectivity index (χ1n) is 12.3. The predicted molar refractivity (Wildman–Crippen MR) is 120 cm³/mol. The van der Waals surface area contributed by atoms with Crippen LogP contribution in [0.1, 0.15) is 64.7 Å². The molecule has 5 aliphatic carbocycles. The molecule has 19 heteroatoms. The Labute approximate surface area is 238 Å². The molecule has 5 saturated carbocycles. The lowest BCUT2D eigenvalue weighted by atomic mass is 9.53. The van der Waals surface area contributed by atoms with E-state index >= 15 is 0 Å². The van der Waals surface area contributed by atoms with Crippen LogP contribution in [0.5, 0.6) is 0 Å². The fourth-order valence-electron chi connectivity index (χ4n) is 5.74. The third-order valence-corrected chi connectivity index (χ3v) is 8.74. The van der Waals surface area contributed by atoms with Gasteiger partial charge in [-0.05, 0) is 64.2 Å². The highest BCUT2D eigenvalue weighted by molar-refractivity contribution is 7.96. The van der Waals surface area contributed by atoms with E-state index < -0.39 is 57.6 Å². The van der Waals surface area contributed by atoms with Crippen molar-refractivity contribution >= 4 is 47.6 Å². The zero-order chi connectivity index (χ0) is 30.6. The molecule has 5 fully saturated rings. The zero-order valence-corrected chi connectivity index (χ0v) is 22.9. The first-order chi connectivity index (χ1) is 19.1. The normalized spacial score (nSPS) is 31.9. The van der Waals surface area contributed by atoms with Crippen LogP contribution in [-0.2, 0) is 47.4 Å². The maximum Gasteiger partial charge on any atom is 0.446 e. The van der Waals surface area contributed by atoms with Crippen LogP contribution < -0.4 is 10.5 Å². The molecule has 5 atom stereocenters. The molecule has 4 bridgehead atoms. The quantitative estimate of drug-likeness (QED) is 0.112. The Kier molecular flexibility index (Phi) is 11.0. The van der Waals surface area contributed by atoms with E-state index in [0.29, 0.717) is 38.0 Å². The highest BCUT2D eigenvalue weighted by Crippen LogP contribution is 2.56. The fraction of sp³-hybridized carbons (Fsp3) is 0.818. The lowest BCUT2D eigenvalue weighted by Crippen LogP contribution is -2.57. The average molecular weight is 641 g/mol. The van der Waals surface area contributed by atoms with Gasteiger partial charge >= 0.3 is 23.1 Å². The highest BCUT2D eigenvalue weighted by Gasteiger charge is 2.66. The lowest BCUT2D eigenvalue weighted by molar-refractivity contribution is -0.777. The molecule has 5 aliphatic rings. The summed E-state index contributed by atoms with van der Waals surface area (Å²) in [5, 5.41) is 17.7. The summed E-state index contributed by atoms with van der Waals surface area (Å²) in [4.78, 5) is 46.7. The molecule has 0 saturated heterocycles. The van der Waals surface area contributed by atoms with Gasteiger partial charge < -0.3 is 20.0 Å². The average Bonchev–Trinajstić information content (AvgIpc) is 2.89. The summed E-state index contributed by atoms with van der Waals surface area (Å²) in [5.74, 6) is -3.55. The lowest BCUT2D eigenvalue weighted by Gasteiger charge is -2.54. The Morgan fingerprint density at radius 2 is 1.49 bits per heavy atom. The van der Waals surface area contributed by atoms with Gasteiger partial charge in [0.25, 0.3) is 5.00 Å². The molecule has 0 aliphatic heterocycles. The molecule has 0 N–H and O–H groups in total. The predicted octanol–water partition coefficient (Wildman–Crippen LogP) is 2.38. The molecule has 41 heavy (non-hydrogen) atoms. The van der Waals surface area contributed by atoms with Gasteiger partial charge in [0.15, 0.2) is 11.9 Å². The number of carbonyl (C=O) groups is 4. The monoisotopic (exact) mass is 640 g/mol. The number of hydrogen-bond acceptors (Lipinski definition) is 14. The van der Waals surface area contributed by atoms with Crippen molar-refractivity contribution in [1.82, 2.24) is 0 Å². The van der Waals surface area contributed by atoms with Gasteiger partial charge in [0.05, 0.1) is 24.1 Å². The van der Waals surface area contributed by atoms with Crippen molar-refractivity contribution in [2.75, 3.05) is 0 Å². The third kappa shape index (κ3) is 7.87. The summed E-state index contributed by atoms with van der Waals surface area (Å²) in [6.07, 6.45) is -2.77. The summed E-state index contributed by atoms with van der Waals surface area (Å²) in [5.41, 5.74) is -0.742. The number of esters is 2. The van der Waals surface area contributed by atoms with Gasteiger partial charge in [-0.1, -0.05) is 0 Å². The molecular weight excluding hydrogens is 615 g/mol. The number of ketones is 2. The minimum Gasteiger partial charge on any atom is -0.691 e. The van der Waals surface area contributed by atoms with E-state index in [9.17, 15) is 51.6 Å². The van der Waals surface area contributed by atoms with Crippen LogP contribution in [0.2, 0.25) is 0 Å². The van der Waals surface area contributed by atoms with Gasteiger partial charge in [0.2, 0.25) is 0 Å². The summed E-state index contributed by atoms with van der Waals surface area (Å²) in [6.45, 7) is 0.949. The van der Waals surface area contributed by atoms with Crippen molar-refractivity contribution in [2.45, 2.75) is 92.6 Å². The van der Waals surface area contributed by atoms with Crippen LogP contribution in [0.15, 0.2) is 0 Å². The molecule has 234 valence electrons. The fourth-order valence-corrected chi connectivity index (χ4v) is 6.34. The van der Waals surface area contributed by atoms with Gasteiger partial charge in [-0.2, -0.15) is 21.8 Å². The van der Waals surface area contributed by atoms with E-state index in [1.54, 1.807) is 0 Å². The molecule has 0 aromatic heterocycles. The van der Waals surface area contributed by atoms with Crippen LogP contribution in [0, 0.1) is 17.8 Å². The van der Waals surface area contributed by atoms with E-state index in [1.165, 1.54) is 0 Å². The molecule has 0 aromatic carbocycles. The van der Waals surface area contributed by atoms with Crippen LogP contribution in [0.3, 0.4) is 0 Å². The van der Waals surface area contributed by atoms with Crippen LogP contribution in [0.4, 0.5) is 22.0 Å². The Balaban J connectivity index is 0.000000226. The maximum atomic E-state index is 14.1.